The number of likely N-dealkylation sites (tertiary alicyclic amines) is 1. The monoisotopic (exact) mass is 257 g/mol. The van der Waals surface area contributed by atoms with Crippen LogP contribution in [0.1, 0.15) is 37.7 Å². The highest BCUT2D eigenvalue weighted by molar-refractivity contribution is 5.14. The van der Waals surface area contributed by atoms with Gasteiger partial charge in [0.15, 0.2) is 0 Å². The fraction of sp³-hybridized carbons (Fsp3) is 0.529. The Kier molecular flexibility index (Phi) is 5.44. The van der Waals surface area contributed by atoms with Crippen LogP contribution in [0, 0.1) is 12.3 Å². The Morgan fingerprint density at radius 2 is 2.11 bits per heavy atom. The van der Waals surface area contributed by atoms with Crippen molar-refractivity contribution in [1.82, 2.24) is 4.90 Å². The summed E-state index contributed by atoms with van der Waals surface area (Å²) >= 11 is 0. The minimum Gasteiger partial charge on any atom is -0.393 e. The molecule has 1 aromatic carbocycles. The summed E-state index contributed by atoms with van der Waals surface area (Å²) in [6.45, 7) is 1.96. The molecule has 19 heavy (non-hydrogen) atoms. The van der Waals surface area contributed by atoms with Crippen molar-refractivity contribution >= 4 is 0 Å². The average molecular weight is 257 g/mol. The topological polar surface area (TPSA) is 23.5 Å². The zero-order valence-electron chi connectivity index (χ0n) is 11.5. The number of aliphatic hydroxyl groups is 1. The Morgan fingerprint density at radius 1 is 1.32 bits per heavy atom. The van der Waals surface area contributed by atoms with E-state index in [0.717, 1.165) is 45.2 Å². The Morgan fingerprint density at radius 3 is 2.84 bits per heavy atom. The summed E-state index contributed by atoms with van der Waals surface area (Å²) in [5.74, 6) is 2.70. The lowest BCUT2D eigenvalue weighted by Crippen LogP contribution is -2.43. The fourth-order valence-corrected chi connectivity index (χ4v) is 2.84. The first kappa shape index (κ1) is 14.1. The second-order valence-corrected chi connectivity index (χ2v) is 5.38. The van der Waals surface area contributed by atoms with Crippen LogP contribution in [0.4, 0.5) is 0 Å². The summed E-state index contributed by atoms with van der Waals surface area (Å²) in [4.78, 5) is 2.50. The molecule has 0 aliphatic carbocycles. The van der Waals surface area contributed by atoms with Crippen LogP contribution in [0.3, 0.4) is 0 Å². The van der Waals surface area contributed by atoms with Crippen LogP contribution in [0.2, 0.25) is 0 Å². The third-order valence-electron chi connectivity index (χ3n) is 3.90. The molecule has 0 bridgehead atoms. The normalized spacial score (nSPS) is 24.0. The molecule has 2 heteroatoms. The average Bonchev–Trinajstić information content (AvgIpc) is 2.43. The molecule has 2 atom stereocenters. The number of benzene rings is 1. The molecule has 0 saturated carbocycles. The smallest absolute Gasteiger partial charge is 0.0567 e. The SMILES string of the molecule is C#CCCCC1CC(O)CCN1Cc1ccccc1. The summed E-state index contributed by atoms with van der Waals surface area (Å²) in [6.07, 6.45) is 9.94. The van der Waals surface area contributed by atoms with Crippen LogP contribution in [-0.2, 0) is 6.54 Å². The van der Waals surface area contributed by atoms with Gasteiger partial charge in [0, 0.05) is 25.6 Å². The van der Waals surface area contributed by atoms with E-state index in [-0.39, 0.29) is 6.10 Å². The number of terminal acetylenes is 1. The van der Waals surface area contributed by atoms with Gasteiger partial charge in [0.05, 0.1) is 6.10 Å². The molecule has 0 amide bonds. The molecule has 1 fully saturated rings. The number of nitrogens with zero attached hydrogens (tertiary/aromatic N) is 1. The lowest BCUT2D eigenvalue weighted by molar-refractivity contribution is 0.0332. The number of unbranched alkanes of at least 4 members (excludes halogenated alkanes) is 1. The minimum absolute atomic E-state index is 0.136. The second kappa shape index (κ2) is 7.33. The molecular weight excluding hydrogens is 234 g/mol. The van der Waals surface area contributed by atoms with Gasteiger partial charge in [0.2, 0.25) is 0 Å². The van der Waals surface area contributed by atoms with E-state index in [2.05, 4.69) is 35.1 Å². The molecule has 2 rings (SSSR count). The first-order valence-corrected chi connectivity index (χ1v) is 7.19. The molecule has 2 nitrogen and oxygen atoms in total. The van der Waals surface area contributed by atoms with Crippen LogP contribution in [0.25, 0.3) is 0 Å². The van der Waals surface area contributed by atoms with E-state index < -0.39 is 0 Å². The molecule has 0 radical (unpaired) electrons. The lowest BCUT2D eigenvalue weighted by atomic mass is 9.94. The van der Waals surface area contributed by atoms with E-state index in [4.69, 9.17) is 6.42 Å². The highest BCUT2D eigenvalue weighted by Gasteiger charge is 2.26. The van der Waals surface area contributed by atoms with Gasteiger partial charge in [-0.05, 0) is 31.2 Å². The molecule has 2 unspecified atom stereocenters. The van der Waals surface area contributed by atoms with Crippen molar-refractivity contribution in [3.63, 3.8) is 0 Å². The summed E-state index contributed by atoms with van der Waals surface area (Å²) in [5.41, 5.74) is 1.35. The van der Waals surface area contributed by atoms with Gasteiger partial charge in [0.1, 0.15) is 0 Å². The Balaban J connectivity index is 1.93. The Bertz CT molecular complexity index is 409. The van der Waals surface area contributed by atoms with Crippen molar-refractivity contribution in [3.8, 4) is 12.3 Å². The predicted octanol–water partition coefficient (Wildman–Crippen LogP) is 2.82. The summed E-state index contributed by atoms with van der Waals surface area (Å²) in [7, 11) is 0. The van der Waals surface area contributed by atoms with Crippen LogP contribution >= 0.6 is 0 Å². The van der Waals surface area contributed by atoms with Crippen LogP contribution in [0.5, 0.6) is 0 Å². The highest BCUT2D eigenvalue weighted by Crippen LogP contribution is 2.23. The molecule has 0 aromatic heterocycles. The van der Waals surface area contributed by atoms with E-state index in [0.29, 0.717) is 6.04 Å². The van der Waals surface area contributed by atoms with Crippen molar-refractivity contribution in [2.24, 2.45) is 0 Å². The summed E-state index contributed by atoms with van der Waals surface area (Å²) in [6, 6.07) is 11.0. The van der Waals surface area contributed by atoms with Gasteiger partial charge in [-0.1, -0.05) is 30.3 Å². The van der Waals surface area contributed by atoms with Gasteiger partial charge in [0.25, 0.3) is 0 Å². The maximum absolute atomic E-state index is 9.85. The zero-order valence-corrected chi connectivity index (χ0v) is 11.5. The first-order valence-electron chi connectivity index (χ1n) is 7.19. The van der Waals surface area contributed by atoms with Crippen molar-refractivity contribution in [1.29, 1.82) is 0 Å². The van der Waals surface area contributed by atoms with Crippen LogP contribution < -0.4 is 0 Å². The molecule has 1 aliphatic heterocycles. The first-order chi connectivity index (χ1) is 9.29. The van der Waals surface area contributed by atoms with Crippen molar-refractivity contribution in [2.75, 3.05) is 6.54 Å². The molecule has 1 saturated heterocycles. The summed E-state index contributed by atoms with van der Waals surface area (Å²) in [5, 5.41) is 9.85. The maximum atomic E-state index is 9.85. The van der Waals surface area contributed by atoms with E-state index >= 15 is 0 Å². The van der Waals surface area contributed by atoms with Crippen LogP contribution in [0.15, 0.2) is 30.3 Å². The summed E-state index contributed by atoms with van der Waals surface area (Å²) < 4.78 is 0. The molecule has 0 spiro atoms. The molecule has 1 heterocycles. The third-order valence-corrected chi connectivity index (χ3v) is 3.90. The van der Waals surface area contributed by atoms with Gasteiger partial charge in [-0.3, -0.25) is 4.90 Å². The zero-order chi connectivity index (χ0) is 13.5. The lowest BCUT2D eigenvalue weighted by Gasteiger charge is -2.38. The minimum atomic E-state index is -0.136. The number of hydrogen-bond acceptors (Lipinski definition) is 2. The fourth-order valence-electron chi connectivity index (χ4n) is 2.84. The predicted molar refractivity (Wildman–Crippen MR) is 78.6 cm³/mol. The maximum Gasteiger partial charge on any atom is 0.0567 e. The molecule has 1 aliphatic rings. The van der Waals surface area contributed by atoms with Gasteiger partial charge < -0.3 is 5.11 Å². The number of piperidine rings is 1. The number of hydrogen-bond donors (Lipinski definition) is 1. The second-order valence-electron chi connectivity index (χ2n) is 5.38. The Hall–Kier alpha value is -1.30. The Labute approximate surface area is 116 Å². The molecule has 1 N–H and O–H groups in total. The van der Waals surface area contributed by atoms with E-state index in [9.17, 15) is 5.11 Å². The highest BCUT2D eigenvalue weighted by atomic mass is 16.3. The van der Waals surface area contributed by atoms with Crippen molar-refractivity contribution in [3.05, 3.63) is 35.9 Å². The van der Waals surface area contributed by atoms with Gasteiger partial charge in [-0.2, -0.15) is 0 Å². The van der Waals surface area contributed by atoms with E-state index in [1.165, 1.54) is 5.56 Å². The molecule has 102 valence electrons. The van der Waals surface area contributed by atoms with Gasteiger partial charge >= 0.3 is 0 Å². The standard InChI is InChI=1S/C17H23NO/c1-2-3-5-10-16-13-17(19)11-12-18(16)14-15-8-6-4-7-9-15/h1,4,6-9,16-17,19H,3,5,10-14H2. The molecular formula is C17H23NO. The third kappa shape index (κ3) is 4.38. The van der Waals surface area contributed by atoms with Crippen molar-refractivity contribution < 1.29 is 5.11 Å². The van der Waals surface area contributed by atoms with E-state index in [1.807, 2.05) is 6.07 Å². The molecule has 1 aromatic rings. The quantitative estimate of drug-likeness (QED) is 0.647. The number of rotatable bonds is 5. The van der Waals surface area contributed by atoms with Crippen molar-refractivity contribution in [2.45, 2.75) is 50.8 Å². The largest absolute Gasteiger partial charge is 0.393 e. The van der Waals surface area contributed by atoms with Gasteiger partial charge in [-0.25, -0.2) is 0 Å². The van der Waals surface area contributed by atoms with Gasteiger partial charge in [-0.15, -0.1) is 12.3 Å². The van der Waals surface area contributed by atoms with E-state index in [1.54, 1.807) is 0 Å². The number of aliphatic hydroxyl groups excluding tert-OH is 1. The van der Waals surface area contributed by atoms with Crippen LogP contribution in [-0.4, -0.2) is 28.7 Å².